The molecule has 122 valence electrons. The van der Waals surface area contributed by atoms with Crippen LogP contribution in [0.5, 0.6) is 0 Å². The molecule has 0 aromatic heterocycles. The van der Waals surface area contributed by atoms with Gasteiger partial charge in [-0.25, -0.2) is 9.59 Å². The first-order valence-electron chi connectivity index (χ1n) is 7.39. The third kappa shape index (κ3) is 2.52. The van der Waals surface area contributed by atoms with Crippen molar-refractivity contribution < 1.29 is 28.6 Å². The van der Waals surface area contributed by atoms with E-state index in [1.54, 1.807) is 37.6 Å². The number of carbonyl (C=O) groups excluding carboxylic acids is 3. The third-order valence-corrected chi connectivity index (χ3v) is 4.23. The van der Waals surface area contributed by atoms with Crippen LogP contribution in [0.1, 0.15) is 6.92 Å². The summed E-state index contributed by atoms with van der Waals surface area (Å²) in [4.78, 5) is 37.0. The number of esters is 2. The normalized spacial score (nSPS) is 31.0. The molecule has 7 heteroatoms. The van der Waals surface area contributed by atoms with Crippen LogP contribution in [0.15, 0.2) is 36.2 Å². The molecule has 7 nitrogen and oxygen atoms in total. The van der Waals surface area contributed by atoms with Crippen LogP contribution in [0.2, 0.25) is 0 Å². The van der Waals surface area contributed by atoms with Gasteiger partial charge in [0.25, 0.3) is 0 Å². The lowest BCUT2D eigenvalue weighted by Crippen LogP contribution is -2.49. The molecule has 0 aromatic carbocycles. The Kier molecular flexibility index (Phi) is 3.94. The maximum Gasteiger partial charge on any atom is 0.417 e. The first kappa shape index (κ1) is 15.3. The number of ether oxygens (including phenoxy) is 3. The lowest BCUT2D eigenvalue weighted by Gasteiger charge is -2.42. The van der Waals surface area contributed by atoms with Gasteiger partial charge in [0.15, 0.2) is 0 Å². The van der Waals surface area contributed by atoms with Crippen molar-refractivity contribution >= 4 is 18.0 Å². The monoisotopic (exact) mass is 319 g/mol. The molecule has 3 heterocycles. The van der Waals surface area contributed by atoms with Crippen molar-refractivity contribution in [3.8, 4) is 0 Å². The summed E-state index contributed by atoms with van der Waals surface area (Å²) in [7, 11) is 1.29. The van der Waals surface area contributed by atoms with E-state index >= 15 is 0 Å². The lowest BCUT2D eigenvalue weighted by atomic mass is 9.69. The van der Waals surface area contributed by atoms with E-state index in [1.165, 1.54) is 12.0 Å². The Morgan fingerprint density at radius 2 is 1.96 bits per heavy atom. The predicted octanol–water partition coefficient (Wildman–Crippen LogP) is 1.37. The fourth-order valence-corrected chi connectivity index (χ4v) is 3.15. The molecule has 1 saturated heterocycles. The van der Waals surface area contributed by atoms with Crippen molar-refractivity contribution in [1.29, 1.82) is 0 Å². The van der Waals surface area contributed by atoms with E-state index in [1.807, 2.05) is 0 Å². The summed E-state index contributed by atoms with van der Waals surface area (Å²) in [5.74, 6) is -1.85. The Hall–Kier alpha value is -2.57. The van der Waals surface area contributed by atoms with E-state index in [-0.39, 0.29) is 24.4 Å². The van der Waals surface area contributed by atoms with Gasteiger partial charge in [-0.1, -0.05) is 18.2 Å². The van der Waals surface area contributed by atoms with E-state index in [2.05, 4.69) is 0 Å². The Balaban J connectivity index is 1.92. The minimum Gasteiger partial charge on any atom is -0.466 e. The fraction of sp³-hybridized carbons (Fsp3) is 0.438. The van der Waals surface area contributed by atoms with Gasteiger partial charge in [-0.2, -0.15) is 0 Å². The number of amides is 1. The van der Waals surface area contributed by atoms with E-state index in [4.69, 9.17) is 14.2 Å². The van der Waals surface area contributed by atoms with Gasteiger partial charge in [0.2, 0.25) is 0 Å². The summed E-state index contributed by atoms with van der Waals surface area (Å²) in [5.41, 5.74) is 0.348. The zero-order chi connectivity index (χ0) is 16.6. The molecule has 0 aromatic rings. The van der Waals surface area contributed by atoms with Gasteiger partial charge in [0.05, 0.1) is 25.2 Å². The molecule has 4 unspecified atom stereocenters. The van der Waals surface area contributed by atoms with Crippen LogP contribution >= 0.6 is 0 Å². The number of fused-ring (bicyclic) bond motifs is 1. The molecule has 0 radical (unpaired) electrons. The third-order valence-electron chi connectivity index (χ3n) is 4.23. The van der Waals surface area contributed by atoms with Crippen LogP contribution in [0.4, 0.5) is 4.79 Å². The van der Waals surface area contributed by atoms with Crippen LogP contribution in [-0.2, 0) is 23.8 Å². The minimum atomic E-state index is -0.701. The maximum atomic E-state index is 12.0. The Bertz CT molecular complexity index is 634. The zero-order valence-electron chi connectivity index (χ0n) is 12.8. The Morgan fingerprint density at radius 1 is 1.26 bits per heavy atom. The molecule has 1 aliphatic carbocycles. The summed E-state index contributed by atoms with van der Waals surface area (Å²) in [6.07, 6.45) is 7.11. The topological polar surface area (TPSA) is 82.1 Å². The van der Waals surface area contributed by atoms with Crippen molar-refractivity contribution in [1.82, 2.24) is 4.90 Å². The van der Waals surface area contributed by atoms with Crippen molar-refractivity contribution in [2.45, 2.75) is 13.0 Å². The highest BCUT2D eigenvalue weighted by Crippen LogP contribution is 2.44. The van der Waals surface area contributed by atoms with Crippen molar-refractivity contribution in [2.24, 2.45) is 17.8 Å². The summed E-state index contributed by atoms with van der Waals surface area (Å²) in [5, 5.41) is 0. The molecule has 0 N–H and O–H groups in total. The molecule has 2 bridgehead atoms. The number of rotatable bonds is 2. The molecule has 23 heavy (non-hydrogen) atoms. The minimum absolute atomic E-state index is 0.176. The number of hydrogen-bond acceptors (Lipinski definition) is 6. The number of hydrogen-bond donors (Lipinski definition) is 0. The second-order valence-corrected chi connectivity index (χ2v) is 5.44. The summed E-state index contributed by atoms with van der Waals surface area (Å²) < 4.78 is 15.1. The van der Waals surface area contributed by atoms with E-state index in [0.29, 0.717) is 5.57 Å². The first-order valence-corrected chi connectivity index (χ1v) is 7.39. The van der Waals surface area contributed by atoms with Gasteiger partial charge in [-0.05, 0) is 6.92 Å². The van der Waals surface area contributed by atoms with Gasteiger partial charge in [0, 0.05) is 24.2 Å². The summed E-state index contributed by atoms with van der Waals surface area (Å²) in [6.45, 7) is 1.99. The average molecular weight is 319 g/mol. The lowest BCUT2D eigenvalue weighted by molar-refractivity contribution is -0.166. The summed E-state index contributed by atoms with van der Waals surface area (Å²) >= 11 is 0. The van der Waals surface area contributed by atoms with Crippen molar-refractivity contribution in [3.05, 3.63) is 36.2 Å². The van der Waals surface area contributed by atoms with Crippen molar-refractivity contribution in [3.63, 3.8) is 0 Å². The average Bonchev–Trinajstić information content (AvgIpc) is 2.78. The highest BCUT2D eigenvalue weighted by molar-refractivity contribution is 5.94. The molecule has 0 saturated carbocycles. The van der Waals surface area contributed by atoms with E-state index in [9.17, 15) is 14.4 Å². The second-order valence-electron chi connectivity index (χ2n) is 5.44. The quantitative estimate of drug-likeness (QED) is 0.565. The van der Waals surface area contributed by atoms with Gasteiger partial charge in [-0.3, -0.25) is 9.69 Å². The predicted molar refractivity (Wildman–Crippen MR) is 77.6 cm³/mol. The molecule has 1 fully saturated rings. The van der Waals surface area contributed by atoms with Crippen LogP contribution in [0, 0.1) is 17.8 Å². The van der Waals surface area contributed by atoms with Crippen LogP contribution in [0.3, 0.4) is 0 Å². The molecule has 3 aliphatic heterocycles. The molecule has 1 amide bonds. The van der Waals surface area contributed by atoms with Gasteiger partial charge >= 0.3 is 18.0 Å². The highest BCUT2D eigenvalue weighted by atomic mass is 16.6. The van der Waals surface area contributed by atoms with Crippen LogP contribution < -0.4 is 0 Å². The van der Waals surface area contributed by atoms with Crippen LogP contribution in [0.25, 0.3) is 0 Å². The molecule has 0 spiro atoms. The standard InChI is InChI=1S/C16H17NO6/c1-3-22-16(20)17-6-4-9-10(5-7-17)13-12(14(18)21-2)8-11(9)15(19)23-13/h4-11,13H,3H2,1-2H3. The molecular formula is C16H17NO6. The van der Waals surface area contributed by atoms with E-state index in [0.717, 1.165) is 0 Å². The van der Waals surface area contributed by atoms with Gasteiger partial charge < -0.3 is 14.2 Å². The molecular weight excluding hydrogens is 302 g/mol. The fourth-order valence-electron chi connectivity index (χ4n) is 3.15. The van der Waals surface area contributed by atoms with Gasteiger partial charge in [-0.15, -0.1) is 0 Å². The number of methoxy groups -OCH3 is 1. The number of carbonyl (C=O) groups is 3. The van der Waals surface area contributed by atoms with Crippen LogP contribution in [-0.4, -0.2) is 42.8 Å². The smallest absolute Gasteiger partial charge is 0.417 e. The first-order chi connectivity index (χ1) is 11.1. The number of allylic oxidation sites excluding steroid dienone is 1. The molecule has 4 aliphatic rings. The largest absolute Gasteiger partial charge is 0.466 e. The second kappa shape index (κ2) is 5.91. The SMILES string of the molecule is CCOC(=O)N1C=CC2C3C=C(C(=O)OC)C(OC3=O)C2C=C1. The maximum absolute atomic E-state index is 12.0. The molecule has 4 rings (SSSR count). The molecule has 4 atom stereocenters. The van der Waals surface area contributed by atoms with Crippen molar-refractivity contribution in [2.75, 3.05) is 13.7 Å². The van der Waals surface area contributed by atoms with Gasteiger partial charge in [0.1, 0.15) is 6.10 Å². The number of nitrogens with zero attached hydrogens (tertiary/aromatic N) is 1. The highest BCUT2D eigenvalue weighted by Gasteiger charge is 2.51. The Labute approximate surface area is 133 Å². The van der Waals surface area contributed by atoms with E-state index < -0.39 is 24.1 Å². The Morgan fingerprint density at radius 3 is 2.61 bits per heavy atom. The summed E-state index contributed by atoms with van der Waals surface area (Å²) in [6, 6.07) is 0. The zero-order valence-corrected chi connectivity index (χ0v) is 12.8.